The van der Waals surface area contributed by atoms with Crippen LogP contribution in [0.1, 0.15) is 27.5 Å². The van der Waals surface area contributed by atoms with Gasteiger partial charge in [0.1, 0.15) is 10.6 Å². The number of hydrogen-bond donors (Lipinski definition) is 1. The monoisotopic (exact) mass is 458 g/mol. The number of carbonyl (C=O) groups is 1. The molecule has 0 spiro atoms. The van der Waals surface area contributed by atoms with Crippen molar-refractivity contribution in [3.63, 3.8) is 0 Å². The predicted molar refractivity (Wildman–Crippen MR) is 121 cm³/mol. The van der Waals surface area contributed by atoms with Crippen molar-refractivity contribution in [1.29, 1.82) is 0 Å². The summed E-state index contributed by atoms with van der Waals surface area (Å²) < 4.78 is 31.4. The molecule has 1 amide bonds. The van der Waals surface area contributed by atoms with E-state index in [1.165, 1.54) is 32.3 Å². The van der Waals surface area contributed by atoms with Crippen LogP contribution < -0.4 is 10.1 Å². The lowest BCUT2D eigenvalue weighted by Crippen LogP contribution is -2.30. The Kier molecular flexibility index (Phi) is 7.00. The first-order valence-electron chi connectivity index (χ1n) is 9.46. The molecule has 0 heterocycles. The summed E-state index contributed by atoms with van der Waals surface area (Å²) in [5.41, 5.74) is 1.94. The van der Waals surface area contributed by atoms with Crippen LogP contribution in [-0.4, -0.2) is 39.8 Å². The van der Waals surface area contributed by atoms with Crippen LogP contribution in [0.5, 0.6) is 5.75 Å². The Hall–Kier alpha value is -2.87. The highest BCUT2D eigenvalue weighted by atomic mass is 35.5. The Bertz CT molecular complexity index is 1160. The predicted octanol–water partition coefficient (Wildman–Crippen LogP) is 4.12. The SMILES string of the molecule is COc1ccc([C@@H](NC(=O)c2ccc(Cl)c(S(=O)(=O)N(C)C)c2)c2ccccc2)cc1. The van der Waals surface area contributed by atoms with Crippen LogP contribution in [-0.2, 0) is 10.0 Å². The van der Waals surface area contributed by atoms with Gasteiger partial charge in [-0.3, -0.25) is 4.79 Å². The molecule has 3 rings (SSSR count). The number of nitrogens with one attached hydrogen (secondary N) is 1. The number of halogens is 1. The van der Waals surface area contributed by atoms with E-state index in [1.54, 1.807) is 7.11 Å². The van der Waals surface area contributed by atoms with E-state index in [2.05, 4.69) is 5.32 Å². The third-order valence-electron chi connectivity index (χ3n) is 4.81. The lowest BCUT2D eigenvalue weighted by Gasteiger charge is -2.21. The molecule has 0 unspecified atom stereocenters. The molecule has 1 atom stereocenters. The molecule has 0 aliphatic rings. The summed E-state index contributed by atoms with van der Waals surface area (Å²) in [4.78, 5) is 13.0. The maximum absolute atomic E-state index is 13.1. The summed E-state index contributed by atoms with van der Waals surface area (Å²) in [6.45, 7) is 0. The Labute approximate surface area is 187 Å². The van der Waals surface area contributed by atoms with Crippen LogP contribution in [0.4, 0.5) is 0 Å². The molecule has 162 valence electrons. The highest BCUT2D eigenvalue weighted by molar-refractivity contribution is 7.89. The number of benzene rings is 3. The molecule has 3 aromatic rings. The number of sulfonamides is 1. The fraction of sp³-hybridized carbons (Fsp3) is 0.174. The van der Waals surface area contributed by atoms with E-state index < -0.39 is 22.0 Å². The van der Waals surface area contributed by atoms with E-state index in [1.807, 2.05) is 54.6 Å². The van der Waals surface area contributed by atoms with Gasteiger partial charge in [0.15, 0.2) is 0 Å². The standard InChI is InChI=1S/C23H23ClN2O4S/c1-26(2)31(28,29)21-15-18(11-14-20(21)24)23(27)25-22(16-7-5-4-6-8-16)17-9-12-19(30-3)13-10-17/h4-15,22H,1-3H3,(H,25,27)/t22-/m0/s1. The molecule has 8 heteroatoms. The van der Waals surface area contributed by atoms with Crippen molar-refractivity contribution in [2.45, 2.75) is 10.9 Å². The first-order valence-corrected chi connectivity index (χ1v) is 11.3. The van der Waals surface area contributed by atoms with Gasteiger partial charge >= 0.3 is 0 Å². The van der Waals surface area contributed by atoms with E-state index in [9.17, 15) is 13.2 Å². The third-order valence-corrected chi connectivity index (χ3v) is 7.11. The van der Waals surface area contributed by atoms with Gasteiger partial charge in [0.2, 0.25) is 10.0 Å². The van der Waals surface area contributed by atoms with E-state index in [0.717, 1.165) is 15.4 Å². The second-order valence-electron chi connectivity index (χ2n) is 7.02. The second kappa shape index (κ2) is 9.51. The van der Waals surface area contributed by atoms with Gasteiger partial charge in [-0.05, 0) is 41.5 Å². The minimum Gasteiger partial charge on any atom is -0.497 e. The molecule has 0 radical (unpaired) electrons. The van der Waals surface area contributed by atoms with E-state index in [4.69, 9.17) is 16.3 Å². The zero-order valence-electron chi connectivity index (χ0n) is 17.4. The molecule has 0 aromatic heterocycles. The number of carbonyl (C=O) groups excluding carboxylic acids is 1. The molecule has 0 saturated carbocycles. The molecule has 6 nitrogen and oxygen atoms in total. The first kappa shape index (κ1) is 22.8. The summed E-state index contributed by atoms with van der Waals surface area (Å²) in [6, 6.07) is 20.7. The highest BCUT2D eigenvalue weighted by Gasteiger charge is 2.24. The van der Waals surface area contributed by atoms with Crippen molar-refractivity contribution >= 4 is 27.5 Å². The van der Waals surface area contributed by atoms with Gasteiger partial charge < -0.3 is 10.1 Å². The van der Waals surface area contributed by atoms with Gasteiger partial charge in [0.05, 0.1) is 18.2 Å². The van der Waals surface area contributed by atoms with Crippen molar-refractivity contribution in [3.05, 3.63) is 94.5 Å². The molecule has 3 aromatic carbocycles. The molecule has 0 aliphatic heterocycles. The summed E-state index contributed by atoms with van der Waals surface area (Å²) in [5, 5.41) is 3.06. The fourth-order valence-corrected chi connectivity index (χ4v) is 4.45. The zero-order valence-corrected chi connectivity index (χ0v) is 18.9. The topological polar surface area (TPSA) is 75.7 Å². The van der Waals surface area contributed by atoms with Crippen LogP contribution in [0.25, 0.3) is 0 Å². The van der Waals surface area contributed by atoms with Crippen molar-refractivity contribution < 1.29 is 17.9 Å². The average Bonchev–Trinajstić information content (AvgIpc) is 2.78. The van der Waals surface area contributed by atoms with Gasteiger partial charge in [-0.2, -0.15) is 0 Å². The van der Waals surface area contributed by atoms with Gasteiger partial charge in [-0.15, -0.1) is 0 Å². The molecular weight excluding hydrogens is 436 g/mol. The minimum atomic E-state index is -3.80. The summed E-state index contributed by atoms with van der Waals surface area (Å²) >= 11 is 6.11. The fourth-order valence-electron chi connectivity index (χ4n) is 3.05. The number of hydrogen-bond acceptors (Lipinski definition) is 4. The van der Waals surface area contributed by atoms with Crippen molar-refractivity contribution in [1.82, 2.24) is 9.62 Å². The van der Waals surface area contributed by atoms with Crippen LogP contribution in [0.3, 0.4) is 0 Å². The molecule has 31 heavy (non-hydrogen) atoms. The molecule has 0 saturated heterocycles. The van der Waals surface area contributed by atoms with Gasteiger partial charge in [-0.25, -0.2) is 12.7 Å². The number of rotatable bonds is 7. The van der Waals surface area contributed by atoms with Crippen LogP contribution >= 0.6 is 11.6 Å². The van der Waals surface area contributed by atoms with Crippen molar-refractivity contribution in [2.24, 2.45) is 0 Å². The third kappa shape index (κ3) is 5.07. The quantitative estimate of drug-likeness (QED) is 0.578. The van der Waals surface area contributed by atoms with Gasteiger partial charge in [0, 0.05) is 19.7 Å². The van der Waals surface area contributed by atoms with E-state index in [-0.39, 0.29) is 15.5 Å². The van der Waals surface area contributed by atoms with Crippen molar-refractivity contribution in [3.8, 4) is 5.75 Å². The average molecular weight is 459 g/mol. The summed E-state index contributed by atoms with van der Waals surface area (Å²) in [7, 11) is 0.613. The van der Waals surface area contributed by atoms with E-state index >= 15 is 0 Å². The number of nitrogens with zero attached hydrogens (tertiary/aromatic N) is 1. The minimum absolute atomic E-state index is 0.0556. The molecule has 0 fully saturated rings. The zero-order chi connectivity index (χ0) is 22.6. The summed E-state index contributed by atoms with van der Waals surface area (Å²) in [6.07, 6.45) is 0. The lowest BCUT2D eigenvalue weighted by molar-refractivity contribution is 0.0942. The Balaban J connectivity index is 1.98. The van der Waals surface area contributed by atoms with Gasteiger partial charge in [-0.1, -0.05) is 54.1 Å². The summed E-state index contributed by atoms with van der Waals surface area (Å²) in [5.74, 6) is 0.287. The lowest BCUT2D eigenvalue weighted by atomic mass is 9.98. The molecular formula is C23H23ClN2O4S. The number of amides is 1. The Morgan fingerprint density at radius 3 is 2.16 bits per heavy atom. The van der Waals surface area contributed by atoms with Gasteiger partial charge in [0.25, 0.3) is 5.91 Å². The number of ether oxygens (including phenoxy) is 1. The smallest absolute Gasteiger partial charge is 0.252 e. The molecule has 0 bridgehead atoms. The first-order chi connectivity index (χ1) is 14.7. The second-order valence-corrected chi connectivity index (χ2v) is 9.55. The number of methoxy groups -OCH3 is 1. The Morgan fingerprint density at radius 1 is 0.968 bits per heavy atom. The molecule has 1 N–H and O–H groups in total. The Morgan fingerprint density at radius 2 is 1.58 bits per heavy atom. The van der Waals surface area contributed by atoms with Crippen LogP contribution in [0.2, 0.25) is 5.02 Å². The normalized spacial score (nSPS) is 12.4. The van der Waals surface area contributed by atoms with E-state index in [0.29, 0.717) is 5.75 Å². The maximum Gasteiger partial charge on any atom is 0.252 e. The largest absolute Gasteiger partial charge is 0.497 e. The molecule has 0 aliphatic carbocycles. The van der Waals surface area contributed by atoms with Crippen LogP contribution in [0.15, 0.2) is 77.7 Å². The highest BCUT2D eigenvalue weighted by Crippen LogP contribution is 2.27. The van der Waals surface area contributed by atoms with Crippen molar-refractivity contribution in [2.75, 3.05) is 21.2 Å². The van der Waals surface area contributed by atoms with Crippen LogP contribution in [0, 0.1) is 0 Å². The maximum atomic E-state index is 13.1.